The summed E-state index contributed by atoms with van der Waals surface area (Å²) in [5.74, 6) is 2.46. The molecule has 1 heterocycles. The molecule has 2 aromatic rings. The van der Waals surface area contributed by atoms with Crippen molar-refractivity contribution in [2.24, 2.45) is 17.8 Å². The van der Waals surface area contributed by atoms with Crippen LogP contribution in [0, 0.1) is 17.8 Å². The number of anilines is 2. The zero-order valence-corrected chi connectivity index (χ0v) is 17.5. The van der Waals surface area contributed by atoms with Crippen LogP contribution in [0.4, 0.5) is 10.8 Å². The first-order valence-corrected chi connectivity index (χ1v) is 11.3. The van der Waals surface area contributed by atoms with Crippen LogP contribution in [0.1, 0.15) is 44.7 Å². The lowest BCUT2D eigenvalue weighted by atomic mass is 9.86. The number of nitrogens with one attached hydrogen (secondary N) is 1. The number of hydrogen-bond acceptors (Lipinski definition) is 4. The Bertz CT molecular complexity index is 893. The standard InChI is InChI=1S/C23H27N3O2S/c1-16(27)26(21-5-3-2-4-6-21)23-25-20(15-29-23)9-10-22(28)24-12-11-19-14-17-7-8-18(19)13-17/h2-6,9-10,15,17-19H,7-8,11-14H2,1H3,(H,24,28). The second-order valence-electron chi connectivity index (χ2n) is 8.09. The molecule has 5 nitrogen and oxygen atoms in total. The molecule has 4 rings (SSSR count). The maximum atomic E-state index is 12.1. The highest BCUT2D eigenvalue weighted by Crippen LogP contribution is 2.49. The van der Waals surface area contributed by atoms with Gasteiger partial charge < -0.3 is 5.32 Å². The number of hydrogen-bond donors (Lipinski definition) is 1. The van der Waals surface area contributed by atoms with Gasteiger partial charge in [-0.05, 0) is 61.6 Å². The first kappa shape index (κ1) is 19.8. The van der Waals surface area contributed by atoms with Crippen LogP contribution in [-0.4, -0.2) is 23.3 Å². The Hall–Kier alpha value is -2.47. The van der Waals surface area contributed by atoms with Crippen molar-refractivity contribution in [1.29, 1.82) is 0 Å². The number of benzene rings is 1. The van der Waals surface area contributed by atoms with Gasteiger partial charge in [0.1, 0.15) is 0 Å². The summed E-state index contributed by atoms with van der Waals surface area (Å²) in [4.78, 5) is 30.3. The Balaban J connectivity index is 1.30. The molecule has 2 bridgehead atoms. The number of rotatable bonds is 7. The molecule has 0 aliphatic heterocycles. The van der Waals surface area contributed by atoms with Gasteiger partial charge in [0.25, 0.3) is 0 Å². The minimum Gasteiger partial charge on any atom is -0.353 e. The van der Waals surface area contributed by atoms with Crippen LogP contribution in [0.25, 0.3) is 6.08 Å². The van der Waals surface area contributed by atoms with E-state index in [-0.39, 0.29) is 11.8 Å². The molecule has 3 atom stereocenters. The van der Waals surface area contributed by atoms with E-state index in [4.69, 9.17) is 0 Å². The van der Waals surface area contributed by atoms with E-state index in [2.05, 4.69) is 10.3 Å². The summed E-state index contributed by atoms with van der Waals surface area (Å²) in [6.07, 6.45) is 9.88. The van der Waals surface area contributed by atoms with E-state index in [0.29, 0.717) is 10.8 Å². The summed E-state index contributed by atoms with van der Waals surface area (Å²) in [6.45, 7) is 2.26. The van der Waals surface area contributed by atoms with E-state index < -0.39 is 0 Å². The van der Waals surface area contributed by atoms with Gasteiger partial charge in [0.2, 0.25) is 11.8 Å². The van der Waals surface area contributed by atoms with Crippen molar-refractivity contribution in [3.63, 3.8) is 0 Å². The molecular formula is C23H27N3O2S. The van der Waals surface area contributed by atoms with Gasteiger partial charge in [-0.25, -0.2) is 4.98 Å². The molecule has 1 N–H and O–H groups in total. The predicted molar refractivity (Wildman–Crippen MR) is 117 cm³/mol. The molecule has 2 fully saturated rings. The average Bonchev–Trinajstić information content (AvgIpc) is 3.44. The van der Waals surface area contributed by atoms with E-state index in [1.54, 1.807) is 11.0 Å². The third kappa shape index (κ3) is 4.75. The Morgan fingerprint density at radius 2 is 2.07 bits per heavy atom. The lowest BCUT2D eigenvalue weighted by Crippen LogP contribution is -2.25. The maximum Gasteiger partial charge on any atom is 0.244 e. The van der Waals surface area contributed by atoms with Crippen molar-refractivity contribution in [2.75, 3.05) is 11.4 Å². The minimum atomic E-state index is -0.0977. The quantitative estimate of drug-likeness (QED) is 0.669. The Kier molecular flexibility index (Phi) is 6.09. The van der Waals surface area contributed by atoms with Gasteiger partial charge in [0, 0.05) is 24.9 Å². The molecule has 2 aliphatic carbocycles. The lowest BCUT2D eigenvalue weighted by molar-refractivity contribution is -0.117. The molecular weight excluding hydrogens is 382 g/mol. The SMILES string of the molecule is CC(=O)N(c1ccccc1)c1nc(C=CC(=O)NCCC2CC3CCC2C3)cs1. The molecule has 2 amide bonds. The Morgan fingerprint density at radius 1 is 1.24 bits per heavy atom. The molecule has 0 spiro atoms. The number of carbonyl (C=O) groups is 2. The highest BCUT2D eigenvalue weighted by molar-refractivity contribution is 7.14. The molecule has 1 aromatic carbocycles. The summed E-state index contributed by atoms with van der Waals surface area (Å²) < 4.78 is 0. The van der Waals surface area contributed by atoms with Crippen LogP contribution < -0.4 is 10.2 Å². The minimum absolute atomic E-state index is 0.0887. The fourth-order valence-electron chi connectivity index (χ4n) is 4.79. The van der Waals surface area contributed by atoms with Crippen molar-refractivity contribution < 1.29 is 9.59 Å². The molecule has 0 saturated heterocycles. The number of thiazole rings is 1. The van der Waals surface area contributed by atoms with Crippen LogP contribution in [0.15, 0.2) is 41.8 Å². The average molecular weight is 410 g/mol. The van der Waals surface area contributed by atoms with Crippen molar-refractivity contribution in [2.45, 2.75) is 39.0 Å². The summed E-state index contributed by atoms with van der Waals surface area (Å²) in [5.41, 5.74) is 1.46. The highest BCUT2D eigenvalue weighted by atomic mass is 32.1. The summed E-state index contributed by atoms with van der Waals surface area (Å²) in [7, 11) is 0. The van der Waals surface area contributed by atoms with Gasteiger partial charge in [-0.3, -0.25) is 14.5 Å². The maximum absolute atomic E-state index is 12.1. The summed E-state index contributed by atoms with van der Waals surface area (Å²) in [6, 6.07) is 9.44. The van der Waals surface area contributed by atoms with Gasteiger partial charge >= 0.3 is 0 Å². The monoisotopic (exact) mass is 409 g/mol. The molecule has 3 unspecified atom stereocenters. The van der Waals surface area contributed by atoms with Crippen molar-refractivity contribution in [3.05, 3.63) is 47.5 Å². The summed E-state index contributed by atoms with van der Waals surface area (Å²) in [5, 5.41) is 5.45. The van der Waals surface area contributed by atoms with Crippen LogP contribution >= 0.6 is 11.3 Å². The van der Waals surface area contributed by atoms with Crippen LogP contribution in [-0.2, 0) is 9.59 Å². The normalized spacial score (nSPS) is 22.9. The van der Waals surface area contributed by atoms with Gasteiger partial charge in [-0.2, -0.15) is 0 Å². The zero-order valence-electron chi connectivity index (χ0n) is 16.7. The molecule has 0 radical (unpaired) electrons. The van der Waals surface area contributed by atoms with Gasteiger partial charge in [0.05, 0.1) is 11.4 Å². The molecule has 6 heteroatoms. The van der Waals surface area contributed by atoms with Crippen molar-refractivity contribution >= 4 is 40.0 Å². The first-order valence-electron chi connectivity index (χ1n) is 10.4. The van der Waals surface area contributed by atoms with E-state index in [1.165, 1.54) is 50.0 Å². The smallest absolute Gasteiger partial charge is 0.244 e. The summed E-state index contributed by atoms with van der Waals surface area (Å²) >= 11 is 1.38. The Labute approximate surface area is 175 Å². The number of carbonyl (C=O) groups excluding carboxylic acids is 2. The number of para-hydroxylation sites is 1. The molecule has 29 heavy (non-hydrogen) atoms. The van der Waals surface area contributed by atoms with Crippen LogP contribution in [0.3, 0.4) is 0 Å². The molecule has 2 aliphatic rings. The Morgan fingerprint density at radius 3 is 2.76 bits per heavy atom. The van der Waals surface area contributed by atoms with Crippen LogP contribution in [0.2, 0.25) is 0 Å². The third-order valence-electron chi connectivity index (χ3n) is 6.13. The van der Waals surface area contributed by atoms with Gasteiger partial charge in [-0.15, -0.1) is 11.3 Å². The number of nitrogens with zero attached hydrogens (tertiary/aromatic N) is 2. The predicted octanol–water partition coefficient (Wildman–Crippen LogP) is 4.78. The van der Waals surface area contributed by atoms with Crippen molar-refractivity contribution in [3.8, 4) is 0 Å². The van der Waals surface area contributed by atoms with E-state index in [1.807, 2.05) is 35.7 Å². The molecule has 2 saturated carbocycles. The van der Waals surface area contributed by atoms with Gasteiger partial charge in [-0.1, -0.05) is 24.6 Å². The number of amides is 2. The highest BCUT2D eigenvalue weighted by Gasteiger charge is 2.38. The van der Waals surface area contributed by atoms with E-state index in [9.17, 15) is 9.59 Å². The second-order valence-corrected chi connectivity index (χ2v) is 8.93. The van der Waals surface area contributed by atoms with E-state index >= 15 is 0 Å². The fourth-order valence-corrected chi connectivity index (χ4v) is 5.65. The van der Waals surface area contributed by atoms with E-state index in [0.717, 1.165) is 36.4 Å². The lowest BCUT2D eigenvalue weighted by Gasteiger charge is -2.21. The van der Waals surface area contributed by atoms with Crippen molar-refractivity contribution in [1.82, 2.24) is 10.3 Å². The molecule has 152 valence electrons. The number of aromatic nitrogens is 1. The van der Waals surface area contributed by atoms with Gasteiger partial charge in [0.15, 0.2) is 5.13 Å². The fraction of sp³-hybridized carbons (Fsp3) is 0.435. The topological polar surface area (TPSA) is 62.3 Å². The number of fused-ring (bicyclic) bond motifs is 2. The second kappa shape index (κ2) is 8.91. The molecule has 1 aromatic heterocycles. The first-order chi connectivity index (χ1) is 14.1. The largest absolute Gasteiger partial charge is 0.353 e. The zero-order chi connectivity index (χ0) is 20.2. The van der Waals surface area contributed by atoms with Crippen LogP contribution in [0.5, 0.6) is 0 Å². The third-order valence-corrected chi connectivity index (χ3v) is 6.98.